The standard InChI is InChI=1S/C10H10ClFN2/c1-2-8(6-13)14-10-4-3-7(12)5-9(10)11/h3-5,8,14H,2H2,1H3. The van der Waals surface area contributed by atoms with E-state index in [9.17, 15) is 4.39 Å². The van der Waals surface area contributed by atoms with E-state index < -0.39 is 0 Å². The topological polar surface area (TPSA) is 35.8 Å². The van der Waals surface area contributed by atoms with Gasteiger partial charge >= 0.3 is 0 Å². The van der Waals surface area contributed by atoms with Crippen molar-refractivity contribution in [1.82, 2.24) is 0 Å². The van der Waals surface area contributed by atoms with E-state index in [1.165, 1.54) is 18.2 Å². The van der Waals surface area contributed by atoms with Gasteiger partial charge < -0.3 is 5.32 Å². The minimum absolute atomic E-state index is 0.290. The van der Waals surface area contributed by atoms with Gasteiger partial charge in [-0.15, -0.1) is 0 Å². The first-order valence-electron chi connectivity index (χ1n) is 4.28. The van der Waals surface area contributed by atoms with Crippen LogP contribution in [0.25, 0.3) is 0 Å². The van der Waals surface area contributed by atoms with Crippen molar-refractivity contribution in [2.75, 3.05) is 5.32 Å². The fraction of sp³-hybridized carbons (Fsp3) is 0.300. The molecule has 74 valence electrons. The zero-order valence-corrected chi connectivity index (χ0v) is 8.48. The Labute approximate surface area is 87.3 Å². The number of benzene rings is 1. The van der Waals surface area contributed by atoms with Gasteiger partial charge in [0.25, 0.3) is 0 Å². The van der Waals surface area contributed by atoms with Crippen molar-refractivity contribution in [2.24, 2.45) is 0 Å². The number of hydrogen-bond acceptors (Lipinski definition) is 2. The Balaban J connectivity index is 2.82. The lowest BCUT2D eigenvalue weighted by atomic mass is 10.2. The molecule has 0 bridgehead atoms. The van der Waals surface area contributed by atoms with Crippen LogP contribution in [0.1, 0.15) is 13.3 Å². The zero-order chi connectivity index (χ0) is 10.6. The fourth-order valence-corrected chi connectivity index (χ4v) is 1.24. The Hall–Kier alpha value is -1.27. The summed E-state index contributed by atoms with van der Waals surface area (Å²) in [6, 6.07) is 5.83. The Morgan fingerprint density at radius 1 is 1.64 bits per heavy atom. The van der Waals surface area contributed by atoms with Crippen molar-refractivity contribution in [3.63, 3.8) is 0 Å². The highest BCUT2D eigenvalue weighted by molar-refractivity contribution is 6.33. The Morgan fingerprint density at radius 3 is 2.86 bits per heavy atom. The van der Waals surface area contributed by atoms with E-state index in [0.29, 0.717) is 17.1 Å². The lowest BCUT2D eigenvalue weighted by Crippen LogP contribution is -2.15. The summed E-state index contributed by atoms with van der Waals surface area (Å²) in [7, 11) is 0. The molecule has 0 saturated heterocycles. The van der Waals surface area contributed by atoms with Crippen molar-refractivity contribution in [3.05, 3.63) is 29.0 Å². The average Bonchev–Trinajstić information content (AvgIpc) is 2.17. The van der Waals surface area contributed by atoms with Crippen LogP contribution < -0.4 is 5.32 Å². The summed E-state index contributed by atoms with van der Waals surface area (Å²) < 4.78 is 12.7. The minimum atomic E-state index is -0.384. The molecular weight excluding hydrogens is 203 g/mol. The van der Waals surface area contributed by atoms with E-state index in [1.807, 2.05) is 6.92 Å². The van der Waals surface area contributed by atoms with Gasteiger partial charge in [-0.25, -0.2) is 4.39 Å². The van der Waals surface area contributed by atoms with Crippen LogP contribution >= 0.6 is 11.6 Å². The second-order valence-electron chi connectivity index (χ2n) is 2.86. The number of nitriles is 1. The normalized spacial score (nSPS) is 11.9. The van der Waals surface area contributed by atoms with Crippen molar-refractivity contribution in [1.29, 1.82) is 5.26 Å². The molecule has 0 fully saturated rings. The largest absolute Gasteiger partial charge is 0.369 e. The third kappa shape index (κ3) is 2.61. The van der Waals surface area contributed by atoms with Crippen molar-refractivity contribution in [3.8, 4) is 6.07 Å². The molecule has 2 nitrogen and oxygen atoms in total. The number of nitrogens with zero attached hydrogens (tertiary/aromatic N) is 1. The van der Waals surface area contributed by atoms with E-state index in [4.69, 9.17) is 16.9 Å². The van der Waals surface area contributed by atoms with Crippen LogP contribution in [0.5, 0.6) is 0 Å². The smallest absolute Gasteiger partial charge is 0.124 e. The predicted octanol–water partition coefficient (Wildman–Crippen LogP) is 3.19. The molecule has 1 aromatic rings. The zero-order valence-electron chi connectivity index (χ0n) is 7.72. The summed E-state index contributed by atoms with van der Waals surface area (Å²) in [5.74, 6) is -0.384. The molecule has 0 radical (unpaired) electrons. The van der Waals surface area contributed by atoms with Crippen LogP contribution in [-0.2, 0) is 0 Å². The van der Waals surface area contributed by atoms with Gasteiger partial charge in [-0.3, -0.25) is 0 Å². The first-order valence-corrected chi connectivity index (χ1v) is 4.66. The second-order valence-corrected chi connectivity index (χ2v) is 3.27. The first-order chi connectivity index (χ1) is 6.67. The Kier molecular flexibility index (Phi) is 3.73. The van der Waals surface area contributed by atoms with Gasteiger partial charge in [0.15, 0.2) is 0 Å². The molecule has 0 aliphatic rings. The van der Waals surface area contributed by atoms with Gasteiger partial charge in [-0.05, 0) is 24.6 Å². The summed E-state index contributed by atoms with van der Waals surface area (Å²) in [5.41, 5.74) is 0.585. The molecule has 1 aromatic carbocycles. The first kappa shape index (κ1) is 10.8. The third-order valence-corrected chi connectivity index (χ3v) is 2.14. The van der Waals surface area contributed by atoms with Gasteiger partial charge in [0.1, 0.15) is 11.9 Å². The predicted molar refractivity (Wildman–Crippen MR) is 54.7 cm³/mol. The molecule has 14 heavy (non-hydrogen) atoms. The molecule has 0 aliphatic heterocycles. The number of nitrogens with one attached hydrogen (secondary N) is 1. The van der Waals surface area contributed by atoms with Crippen LogP contribution in [0.15, 0.2) is 18.2 Å². The van der Waals surface area contributed by atoms with E-state index in [-0.39, 0.29) is 11.9 Å². The van der Waals surface area contributed by atoms with Crippen LogP contribution in [0.2, 0.25) is 5.02 Å². The van der Waals surface area contributed by atoms with E-state index >= 15 is 0 Å². The molecule has 1 N–H and O–H groups in total. The fourth-order valence-electron chi connectivity index (χ4n) is 1.02. The van der Waals surface area contributed by atoms with E-state index in [1.54, 1.807) is 0 Å². The molecule has 0 spiro atoms. The Bertz CT molecular complexity index is 360. The van der Waals surface area contributed by atoms with Crippen LogP contribution in [-0.4, -0.2) is 6.04 Å². The number of rotatable bonds is 3. The maximum Gasteiger partial charge on any atom is 0.124 e. The van der Waals surface area contributed by atoms with Crippen molar-refractivity contribution >= 4 is 17.3 Å². The van der Waals surface area contributed by atoms with Gasteiger partial charge in [0, 0.05) is 0 Å². The summed E-state index contributed by atoms with van der Waals surface area (Å²) in [6.45, 7) is 1.89. The number of halogens is 2. The summed E-state index contributed by atoms with van der Waals surface area (Å²) in [4.78, 5) is 0. The monoisotopic (exact) mass is 212 g/mol. The van der Waals surface area contributed by atoms with Crippen LogP contribution in [0, 0.1) is 17.1 Å². The van der Waals surface area contributed by atoms with E-state index in [0.717, 1.165) is 0 Å². The highest BCUT2D eigenvalue weighted by atomic mass is 35.5. The lowest BCUT2D eigenvalue weighted by molar-refractivity contribution is 0.628. The lowest BCUT2D eigenvalue weighted by Gasteiger charge is -2.11. The molecule has 0 aromatic heterocycles. The average molecular weight is 213 g/mol. The highest BCUT2D eigenvalue weighted by Crippen LogP contribution is 2.23. The van der Waals surface area contributed by atoms with Gasteiger partial charge in [-0.1, -0.05) is 18.5 Å². The molecular formula is C10H10ClFN2. The molecule has 1 unspecified atom stereocenters. The molecule has 0 amide bonds. The van der Waals surface area contributed by atoms with Gasteiger partial charge in [0.05, 0.1) is 16.8 Å². The SMILES string of the molecule is CCC(C#N)Nc1ccc(F)cc1Cl. The number of anilines is 1. The third-order valence-electron chi connectivity index (χ3n) is 1.82. The molecule has 1 atom stereocenters. The van der Waals surface area contributed by atoms with Crippen molar-refractivity contribution < 1.29 is 4.39 Å². The Morgan fingerprint density at radius 2 is 2.36 bits per heavy atom. The van der Waals surface area contributed by atoms with Crippen LogP contribution in [0.3, 0.4) is 0 Å². The van der Waals surface area contributed by atoms with Crippen molar-refractivity contribution in [2.45, 2.75) is 19.4 Å². The summed E-state index contributed by atoms with van der Waals surface area (Å²) >= 11 is 5.78. The minimum Gasteiger partial charge on any atom is -0.369 e. The molecule has 0 heterocycles. The molecule has 0 aliphatic carbocycles. The quantitative estimate of drug-likeness (QED) is 0.835. The van der Waals surface area contributed by atoms with Gasteiger partial charge in [0.2, 0.25) is 0 Å². The second kappa shape index (κ2) is 4.83. The molecule has 0 saturated carbocycles. The number of hydrogen-bond donors (Lipinski definition) is 1. The maximum absolute atomic E-state index is 12.7. The van der Waals surface area contributed by atoms with Gasteiger partial charge in [-0.2, -0.15) is 5.26 Å². The molecule has 4 heteroatoms. The molecule has 1 rings (SSSR count). The van der Waals surface area contributed by atoms with Crippen LogP contribution in [0.4, 0.5) is 10.1 Å². The summed E-state index contributed by atoms with van der Waals surface area (Å²) in [6.07, 6.45) is 0.671. The summed E-state index contributed by atoms with van der Waals surface area (Å²) in [5, 5.41) is 11.9. The highest BCUT2D eigenvalue weighted by Gasteiger charge is 2.07. The van der Waals surface area contributed by atoms with E-state index in [2.05, 4.69) is 11.4 Å². The maximum atomic E-state index is 12.7.